The second kappa shape index (κ2) is 6.59. The summed E-state index contributed by atoms with van der Waals surface area (Å²) in [6.07, 6.45) is 3.39. The Morgan fingerprint density at radius 1 is 1.20 bits per heavy atom. The van der Waals surface area contributed by atoms with Crippen LogP contribution in [0.3, 0.4) is 0 Å². The number of piperidine rings is 1. The molecule has 0 aliphatic carbocycles. The van der Waals surface area contributed by atoms with Gasteiger partial charge in [0.2, 0.25) is 0 Å². The second-order valence-corrected chi connectivity index (χ2v) is 6.06. The van der Waals surface area contributed by atoms with E-state index in [4.69, 9.17) is 10.5 Å². The standard InChI is InChI=1S/C17H28N2O/c1-12-11-15(13(2)14(3)17(12)20-4)5-8-19-9-6-16(18)7-10-19/h11,16H,5-10,18H2,1-4H3. The van der Waals surface area contributed by atoms with Crippen molar-refractivity contribution in [3.63, 3.8) is 0 Å². The van der Waals surface area contributed by atoms with E-state index in [2.05, 4.69) is 31.7 Å². The van der Waals surface area contributed by atoms with Crippen LogP contribution in [0.15, 0.2) is 6.07 Å². The van der Waals surface area contributed by atoms with Crippen molar-refractivity contribution in [3.05, 3.63) is 28.3 Å². The van der Waals surface area contributed by atoms with Gasteiger partial charge in [-0.1, -0.05) is 6.07 Å². The Morgan fingerprint density at radius 2 is 1.85 bits per heavy atom. The molecular formula is C17H28N2O. The van der Waals surface area contributed by atoms with Crippen molar-refractivity contribution < 1.29 is 4.74 Å². The van der Waals surface area contributed by atoms with Gasteiger partial charge in [0.05, 0.1) is 7.11 Å². The van der Waals surface area contributed by atoms with Crippen molar-refractivity contribution in [2.75, 3.05) is 26.7 Å². The van der Waals surface area contributed by atoms with Crippen LogP contribution in [0.5, 0.6) is 5.75 Å². The summed E-state index contributed by atoms with van der Waals surface area (Å²) in [6, 6.07) is 2.70. The maximum atomic E-state index is 5.96. The van der Waals surface area contributed by atoms with E-state index < -0.39 is 0 Å². The van der Waals surface area contributed by atoms with Crippen LogP contribution >= 0.6 is 0 Å². The van der Waals surface area contributed by atoms with E-state index in [0.29, 0.717) is 6.04 Å². The normalized spacial score (nSPS) is 17.4. The van der Waals surface area contributed by atoms with Gasteiger partial charge in [-0.05, 0) is 75.4 Å². The number of rotatable bonds is 4. The molecule has 0 atom stereocenters. The number of benzene rings is 1. The van der Waals surface area contributed by atoms with Gasteiger partial charge in [-0.3, -0.25) is 0 Å². The van der Waals surface area contributed by atoms with Crippen LogP contribution in [0.1, 0.15) is 35.1 Å². The third-order valence-electron chi connectivity index (χ3n) is 4.67. The first-order chi connectivity index (χ1) is 9.52. The highest BCUT2D eigenvalue weighted by molar-refractivity contribution is 5.49. The van der Waals surface area contributed by atoms with E-state index in [9.17, 15) is 0 Å². The van der Waals surface area contributed by atoms with E-state index >= 15 is 0 Å². The lowest BCUT2D eigenvalue weighted by molar-refractivity contribution is 0.215. The van der Waals surface area contributed by atoms with E-state index in [1.54, 1.807) is 7.11 Å². The van der Waals surface area contributed by atoms with Crippen LogP contribution in [-0.4, -0.2) is 37.7 Å². The van der Waals surface area contributed by atoms with E-state index in [-0.39, 0.29) is 0 Å². The molecule has 20 heavy (non-hydrogen) atoms. The first kappa shape index (κ1) is 15.3. The summed E-state index contributed by atoms with van der Waals surface area (Å²) in [6.45, 7) is 9.93. The van der Waals surface area contributed by atoms with Crippen molar-refractivity contribution in [2.24, 2.45) is 5.73 Å². The third kappa shape index (κ3) is 3.33. The molecule has 0 aromatic heterocycles. The number of aryl methyl sites for hydroxylation is 1. The summed E-state index contributed by atoms with van der Waals surface area (Å²) in [5.41, 5.74) is 11.3. The Balaban J connectivity index is 2.03. The third-order valence-corrected chi connectivity index (χ3v) is 4.67. The molecule has 0 spiro atoms. The van der Waals surface area contributed by atoms with Gasteiger partial charge in [0, 0.05) is 12.6 Å². The molecule has 3 nitrogen and oxygen atoms in total. The summed E-state index contributed by atoms with van der Waals surface area (Å²) in [5.74, 6) is 1.04. The number of hydrogen-bond donors (Lipinski definition) is 1. The predicted octanol–water partition coefficient (Wildman–Crippen LogP) is 2.59. The molecule has 0 amide bonds. The van der Waals surface area contributed by atoms with Gasteiger partial charge in [0.25, 0.3) is 0 Å². The van der Waals surface area contributed by atoms with Crippen molar-refractivity contribution in [1.29, 1.82) is 0 Å². The second-order valence-electron chi connectivity index (χ2n) is 6.06. The van der Waals surface area contributed by atoms with Gasteiger partial charge in [0.1, 0.15) is 5.75 Å². The lowest BCUT2D eigenvalue weighted by atomic mass is 9.96. The van der Waals surface area contributed by atoms with E-state index in [1.165, 1.54) is 22.3 Å². The molecule has 2 N–H and O–H groups in total. The molecule has 0 bridgehead atoms. The molecule has 3 heteroatoms. The van der Waals surface area contributed by atoms with Gasteiger partial charge in [-0.25, -0.2) is 0 Å². The SMILES string of the molecule is COc1c(C)cc(CCN2CCC(N)CC2)c(C)c1C. The molecule has 1 aliphatic heterocycles. The van der Waals surface area contributed by atoms with Crippen molar-refractivity contribution in [1.82, 2.24) is 4.90 Å². The summed E-state index contributed by atoms with van der Waals surface area (Å²) in [5, 5.41) is 0. The number of likely N-dealkylation sites (tertiary alicyclic amines) is 1. The highest BCUT2D eigenvalue weighted by Crippen LogP contribution is 2.28. The van der Waals surface area contributed by atoms with Crippen LogP contribution in [0, 0.1) is 20.8 Å². The van der Waals surface area contributed by atoms with Gasteiger partial charge in [0.15, 0.2) is 0 Å². The Bertz CT molecular complexity index is 463. The van der Waals surface area contributed by atoms with Crippen LogP contribution in [0.4, 0.5) is 0 Å². The summed E-state index contributed by atoms with van der Waals surface area (Å²) in [4.78, 5) is 2.54. The molecular weight excluding hydrogens is 248 g/mol. The molecule has 1 aliphatic rings. The Labute approximate surface area is 123 Å². The molecule has 1 aromatic rings. The fourth-order valence-corrected chi connectivity index (χ4v) is 3.17. The lowest BCUT2D eigenvalue weighted by Gasteiger charge is -2.30. The minimum absolute atomic E-state index is 0.415. The van der Waals surface area contributed by atoms with Gasteiger partial charge in [-0.2, -0.15) is 0 Å². The van der Waals surface area contributed by atoms with Crippen LogP contribution in [0.2, 0.25) is 0 Å². The van der Waals surface area contributed by atoms with Gasteiger partial charge >= 0.3 is 0 Å². The average Bonchev–Trinajstić information content (AvgIpc) is 2.43. The molecule has 1 saturated heterocycles. The Morgan fingerprint density at radius 3 is 2.45 bits per heavy atom. The minimum Gasteiger partial charge on any atom is -0.496 e. The van der Waals surface area contributed by atoms with Crippen molar-refractivity contribution in [2.45, 2.75) is 46.1 Å². The molecule has 0 unspecified atom stereocenters. The monoisotopic (exact) mass is 276 g/mol. The molecule has 0 radical (unpaired) electrons. The summed E-state index contributed by atoms with van der Waals surface area (Å²) < 4.78 is 5.49. The van der Waals surface area contributed by atoms with E-state index in [0.717, 1.165) is 44.6 Å². The molecule has 2 rings (SSSR count). The van der Waals surface area contributed by atoms with Gasteiger partial charge in [-0.15, -0.1) is 0 Å². The first-order valence-electron chi connectivity index (χ1n) is 7.64. The van der Waals surface area contributed by atoms with Crippen LogP contribution in [-0.2, 0) is 6.42 Å². The number of nitrogens with zero attached hydrogens (tertiary/aromatic N) is 1. The maximum Gasteiger partial charge on any atom is 0.124 e. The number of methoxy groups -OCH3 is 1. The number of ether oxygens (including phenoxy) is 1. The smallest absolute Gasteiger partial charge is 0.124 e. The zero-order valence-corrected chi connectivity index (χ0v) is 13.3. The summed E-state index contributed by atoms with van der Waals surface area (Å²) >= 11 is 0. The molecule has 0 saturated carbocycles. The zero-order valence-electron chi connectivity index (χ0n) is 13.3. The van der Waals surface area contributed by atoms with Gasteiger partial charge < -0.3 is 15.4 Å². The first-order valence-corrected chi connectivity index (χ1v) is 7.64. The van der Waals surface area contributed by atoms with Crippen LogP contribution in [0.25, 0.3) is 0 Å². The lowest BCUT2D eigenvalue weighted by Crippen LogP contribution is -2.40. The Kier molecular flexibility index (Phi) is 5.06. The predicted molar refractivity (Wildman–Crippen MR) is 84.6 cm³/mol. The number of hydrogen-bond acceptors (Lipinski definition) is 3. The maximum absolute atomic E-state index is 5.96. The van der Waals surface area contributed by atoms with Crippen LogP contribution < -0.4 is 10.5 Å². The molecule has 1 heterocycles. The van der Waals surface area contributed by atoms with Crippen molar-refractivity contribution >= 4 is 0 Å². The highest BCUT2D eigenvalue weighted by atomic mass is 16.5. The summed E-state index contributed by atoms with van der Waals surface area (Å²) in [7, 11) is 1.76. The topological polar surface area (TPSA) is 38.5 Å². The zero-order chi connectivity index (χ0) is 14.7. The van der Waals surface area contributed by atoms with E-state index in [1.807, 2.05) is 0 Å². The molecule has 112 valence electrons. The minimum atomic E-state index is 0.415. The largest absolute Gasteiger partial charge is 0.496 e. The fraction of sp³-hybridized carbons (Fsp3) is 0.647. The average molecular weight is 276 g/mol. The Hall–Kier alpha value is -1.06. The fourth-order valence-electron chi connectivity index (χ4n) is 3.17. The molecule has 1 aromatic carbocycles. The van der Waals surface area contributed by atoms with Crippen molar-refractivity contribution in [3.8, 4) is 5.75 Å². The highest BCUT2D eigenvalue weighted by Gasteiger charge is 2.16. The number of nitrogens with two attached hydrogens (primary N) is 1. The molecule has 1 fully saturated rings. The quantitative estimate of drug-likeness (QED) is 0.918.